The molecule has 0 radical (unpaired) electrons. The summed E-state index contributed by atoms with van der Waals surface area (Å²) in [6.07, 6.45) is 4.34. The quantitative estimate of drug-likeness (QED) is 0.790. The van der Waals surface area contributed by atoms with Gasteiger partial charge in [-0.2, -0.15) is 0 Å². The molecule has 0 fully saturated rings. The van der Waals surface area contributed by atoms with Crippen molar-refractivity contribution >= 4 is 5.91 Å². The van der Waals surface area contributed by atoms with E-state index in [-0.39, 0.29) is 5.91 Å². The van der Waals surface area contributed by atoms with E-state index in [1.54, 1.807) is 0 Å². The molecule has 2 nitrogen and oxygen atoms in total. The van der Waals surface area contributed by atoms with Gasteiger partial charge in [0.25, 0.3) is 5.91 Å². The zero-order valence-corrected chi connectivity index (χ0v) is 13.1. The van der Waals surface area contributed by atoms with Gasteiger partial charge in [0.2, 0.25) is 0 Å². The van der Waals surface area contributed by atoms with Crippen LogP contribution in [0.5, 0.6) is 0 Å². The van der Waals surface area contributed by atoms with Crippen molar-refractivity contribution in [3.8, 4) is 0 Å². The minimum atomic E-state index is 0.0561. The first-order chi connectivity index (χ1) is 9.17. The van der Waals surface area contributed by atoms with Crippen molar-refractivity contribution < 1.29 is 4.79 Å². The topological polar surface area (TPSA) is 29.1 Å². The first-order valence-corrected chi connectivity index (χ1v) is 7.54. The average Bonchev–Trinajstić information content (AvgIpc) is 2.41. The van der Waals surface area contributed by atoms with Crippen LogP contribution < -0.4 is 5.32 Å². The Morgan fingerprint density at radius 1 is 1.16 bits per heavy atom. The maximum atomic E-state index is 12.0. The van der Waals surface area contributed by atoms with Gasteiger partial charge in [0.1, 0.15) is 0 Å². The highest BCUT2D eigenvalue weighted by Crippen LogP contribution is 2.08. The number of rotatable bonds is 6. The van der Waals surface area contributed by atoms with Gasteiger partial charge in [0.15, 0.2) is 0 Å². The Hall–Kier alpha value is -1.31. The van der Waals surface area contributed by atoms with Gasteiger partial charge in [0, 0.05) is 11.6 Å². The number of carbonyl (C=O) groups excluding carboxylic acids is 1. The molecular weight excluding hydrogens is 234 g/mol. The van der Waals surface area contributed by atoms with Crippen molar-refractivity contribution in [1.29, 1.82) is 0 Å². The van der Waals surface area contributed by atoms with Gasteiger partial charge < -0.3 is 5.32 Å². The summed E-state index contributed by atoms with van der Waals surface area (Å²) in [7, 11) is 0. The van der Waals surface area contributed by atoms with Crippen LogP contribution >= 0.6 is 0 Å². The smallest absolute Gasteiger partial charge is 0.251 e. The molecule has 1 N–H and O–H groups in total. The molecule has 0 atom stereocenters. The van der Waals surface area contributed by atoms with Crippen LogP contribution in [0.15, 0.2) is 24.3 Å². The Kier molecular flexibility index (Phi) is 9.87. The Balaban J connectivity index is 0.00000154. The molecule has 2 heteroatoms. The van der Waals surface area contributed by atoms with E-state index in [2.05, 4.69) is 19.2 Å². The third kappa shape index (κ3) is 7.00. The Morgan fingerprint density at radius 2 is 1.74 bits per heavy atom. The molecule has 1 rings (SSSR count). The lowest BCUT2D eigenvalue weighted by atomic mass is 10.1. The second-order valence-electron chi connectivity index (χ2n) is 4.62. The third-order valence-corrected chi connectivity index (χ3v) is 2.89. The Morgan fingerprint density at radius 3 is 2.21 bits per heavy atom. The molecule has 0 aliphatic heterocycles. The molecule has 1 aromatic carbocycles. The molecule has 0 aliphatic carbocycles. The fraction of sp³-hybridized carbons (Fsp3) is 0.588. The summed E-state index contributed by atoms with van der Waals surface area (Å²) < 4.78 is 0. The molecule has 1 amide bonds. The highest BCUT2D eigenvalue weighted by molar-refractivity contribution is 5.94. The summed E-state index contributed by atoms with van der Waals surface area (Å²) in [5.74, 6) is 0.0561. The summed E-state index contributed by atoms with van der Waals surface area (Å²) in [5, 5.41) is 3.12. The average molecular weight is 263 g/mol. The van der Waals surface area contributed by atoms with Crippen LogP contribution in [0, 0.1) is 6.92 Å². The lowest BCUT2D eigenvalue weighted by Gasteiger charge is -2.17. The third-order valence-electron chi connectivity index (χ3n) is 2.89. The molecule has 1 aromatic rings. The fourth-order valence-electron chi connectivity index (χ4n) is 2.04. The van der Waals surface area contributed by atoms with Gasteiger partial charge in [0.05, 0.1) is 0 Å². The molecule has 0 unspecified atom stereocenters. The monoisotopic (exact) mass is 263 g/mol. The fourth-order valence-corrected chi connectivity index (χ4v) is 2.04. The minimum Gasteiger partial charge on any atom is -0.349 e. The van der Waals surface area contributed by atoms with E-state index in [0.29, 0.717) is 6.04 Å². The number of benzene rings is 1. The van der Waals surface area contributed by atoms with Crippen molar-refractivity contribution in [2.75, 3.05) is 0 Å². The molecule has 0 spiro atoms. The van der Waals surface area contributed by atoms with E-state index in [9.17, 15) is 4.79 Å². The summed E-state index contributed by atoms with van der Waals surface area (Å²) in [4.78, 5) is 12.0. The maximum Gasteiger partial charge on any atom is 0.251 e. The van der Waals surface area contributed by atoms with Gasteiger partial charge in [-0.3, -0.25) is 4.79 Å². The Labute approximate surface area is 118 Å². The van der Waals surface area contributed by atoms with E-state index in [1.165, 1.54) is 0 Å². The molecule has 0 saturated heterocycles. The van der Waals surface area contributed by atoms with Crippen LogP contribution in [-0.2, 0) is 0 Å². The van der Waals surface area contributed by atoms with E-state index in [4.69, 9.17) is 0 Å². The van der Waals surface area contributed by atoms with Crippen molar-refractivity contribution in [2.45, 2.75) is 66.3 Å². The summed E-state index contributed by atoms with van der Waals surface area (Å²) in [5.41, 5.74) is 1.89. The van der Waals surface area contributed by atoms with Crippen molar-refractivity contribution in [3.05, 3.63) is 35.4 Å². The van der Waals surface area contributed by atoms with Crippen LogP contribution in [0.25, 0.3) is 0 Å². The van der Waals surface area contributed by atoms with Gasteiger partial charge in [-0.15, -0.1) is 0 Å². The molecule has 0 aromatic heterocycles. The van der Waals surface area contributed by atoms with Crippen LogP contribution in [0.3, 0.4) is 0 Å². The predicted octanol–water partition coefficient (Wildman–Crippen LogP) is 4.72. The maximum absolute atomic E-state index is 12.0. The van der Waals surface area contributed by atoms with Crippen molar-refractivity contribution in [2.24, 2.45) is 0 Å². The van der Waals surface area contributed by atoms with Gasteiger partial charge in [-0.1, -0.05) is 58.2 Å². The van der Waals surface area contributed by atoms with E-state index < -0.39 is 0 Å². The zero-order valence-electron chi connectivity index (χ0n) is 13.1. The predicted molar refractivity (Wildman–Crippen MR) is 83.6 cm³/mol. The zero-order chi connectivity index (χ0) is 14.7. The van der Waals surface area contributed by atoms with E-state index in [0.717, 1.165) is 36.8 Å². The lowest BCUT2D eigenvalue weighted by Crippen LogP contribution is -2.34. The molecule has 0 bridgehead atoms. The second kappa shape index (κ2) is 10.6. The number of aryl methyl sites for hydroxylation is 1. The van der Waals surface area contributed by atoms with Crippen molar-refractivity contribution in [3.63, 3.8) is 0 Å². The second-order valence-corrected chi connectivity index (χ2v) is 4.62. The SMILES string of the molecule is CC.CCCC(CCC)NC(=O)c1cccc(C)c1. The summed E-state index contributed by atoms with van der Waals surface area (Å²) in [6, 6.07) is 8.06. The van der Waals surface area contributed by atoms with Crippen LogP contribution in [0.2, 0.25) is 0 Å². The first-order valence-electron chi connectivity index (χ1n) is 7.54. The number of nitrogens with one attached hydrogen (secondary N) is 1. The number of amides is 1. The Bertz CT molecular complexity index is 354. The molecule has 19 heavy (non-hydrogen) atoms. The molecule has 0 saturated carbocycles. The van der Waals surface area contributed by atoms with E-state index >= 15 is 0 Å². The summed E-state index contributed by atoms with van der Waals surface area (Å²) in [6.45, 7) is 10.3. The number of hydrogen-bond acceptors (Lipinski definition) is 1. The molecule has 108 valence electrons. The highest BCUT2D eigenvalue weighted by atomic mass is 16.1. The van der Waals surface area contributed by atoms with Gasteiger partial charge in [-0.25, -0.2) is 0 Å². The minimum absolute atomic E-state index is 0.0561. The normalized spacial score (nSPS) is 9.79. The number of carbonyl (C=O) groups is 1. The van der Waals surface area contributed by atoms with Crippen LogP contribution in [0.4, 0.5) is 0 Å². The van der Waals surface area contributed by atoms with Crippen LogP contribution in [0.1, 0.15) is 69.3 Å². The largest absolute Gasteiger partial charge is 0.349 e. The lowest BCUT2D eigenvalue weighted by molar-refractivity contribution is 0.0932. The molecule has 0 heterocycles. The summed E-state index contributed by atoms with van der Waals surface area (Å²) >= 11 is 0. The van der Waals surface area contributed by atoms with Crippen LogP contribution in [-0.4, -0.2) is 11.9 Å². The highest BCUT2D eigenvalue weighted by Gasteiger charge is 2.12. The van der Waals surface area contributed by atoms with E-state index in [1.807, 2.05) is 45.0 Å². The van der Waals surface area contributed by atoms with Gasteiger partial charge >= 0.3 is 0 Å². The first kappa shape index (κ1) is 17.7. The molecular formula is C17H29NO. The van der Waals surface area contributed by atoms with Crippen molar-refractivity contribution in [1.82, 2.24) is 5.32 Å². The molecule has 0 aliphatic rings. The van der Waals surface area contributed by atoms with Gasteiger partial charge in [-0.05, 0) is 31.9 Å². The number of hydrogen-bond donors (Lipinski definition) is 1. The standard InChI is InChI=1S/C15H23NO.C2H6/c1-4-7-14(8-5-2)16-15(17)13-10-6-9-12(3)11-13;1-2/h6,9-11,14H,4-5,7-8H2,1-3H3,(H,16,17);1-2H3.